The molecule has 2 aromatic carbocycles. The molecule has 1 atom stereocenters. The average Bonchev–Trinajstić information content (AvgIpc) is 3.10. The highest BCUT2D eigenvalue weighted by molar-refractivity contribution is 7.99. The number of nitrogens with zero attached hydrogens (tertiary/aromatic N) is 4. The van der Waals surface area contributed by atoms with E-state index < -0.39 is 4.92 Å². The third kappa shape index (κ3) is 4.85. The summed E-state index contributed by atoms with van der Waals surface area (Å²) in [6.07, 6.45) is 1.52. The van der Waals surface area contributed by atoms with Gasteiger partial charge in [-0.2, -0.15) is 0 Å². The molecule has 0 unspecified atom stereocenters. The molecule has 0 saturated carbocycles. The van der Waals surface area contributed by atoms with Gasteiger partial charge < -0.3 is 9.88 Å². The van der Waals surface area contributed by atoms with E-state index in [0.29, 0.717) is 10.1 Å². The first-order valence-corrected chi connectivity index (χ1v) is 10.1. The van der Waals surface area contributed by atoms with Crippen LogP contribution >= 0.6 is 11.8 Å². The number of carbonyl (C=O) groups is 1. The molecule has 9 heteroatoms. The van der Waals surface area contributed by atoms with Crippen LogP contribution in [0.2, 0.25) is 0 Å². The summed E-state index contributed by atoms with van der Waals surface area (Å²) in [4.78, 5) is 24.5. The van der Waals surface area contributed by atoms with Gasteiger partial charge in [0, 0.05) is 18.7 Å². The number of carbonyl (C=O) groups excluding carboxylic acids is 1. The standard InChI is InChI=1S/C21H23N5O3S/c1-21(2,3)18(14-8-6-5-7-9-14)23-19(27)15-10-11-17(16(12-15)26(28)29)30-20-24-22-13-25(20)4/h5-13,18H,1-4H3,(H,23,27)/t18-/m0/s1. The summed E-state index contributed by atoms with van der Waals surface area (Å²) in [5.74, 6) is -0.364. The summed E-state index contributed by atoms with van der Waals surface area (Å²) in [5, 5.41) is 22.9. The van der Waals surface area contributed by atoms with E-state index in [0.717, 1.165) is 17.3 Å². The Bertz CT molecular complexity index is 1060. The average molecular weight is 426 g/mol. The number of hydrogen-bond donors (Lipinski definition) is 1. The van der Waals surface area contributed by atoms with Crippen molar-refractivity contribution in [1.29, 1.82) is 0 Å². The van der Waals surface area contributed by atoms with Gasteiger partial charge in [-0.15, -0.1) is 10.2 Å². The van der Waals surface area contributed by atoms with Gasteiger partial charge in [0.1, 0.15) is 6.33 Å². The number of aromatic nitrogens is 3. The molecule has 0 saturated heterocycles. The van der Waals surface area contributed by atoms with Crippen LogP contribution in [0.5, 0.6) is 0 Å². The molecule has 3 aromatic rings. The van der Waals surface area contributed by atoms with E-state index in [-0.39, 0.29) is 28.6 Å². The second-order valence-corrected chi connectivity index (χ2v) is 8.96. The number of nitro groups is 1. The number of benzene rings is 2. The molecule has 0 aliphatic rings. The van der Waals surface area contributed by atoms with E-state index in [1.807, 2.05) is 51.1 Å². The van der Waals surface area contributed by atoms with Gasteiger partial charge in [0.15, 0.2) is 5.16 Å². The van der Waals surface area contributed by atoms with E-state index in [2.05, 4.69) is 15.5 Å². The molecule has 3 rings (SSSR count). The van der Waals surface area contributed by atoms with Crippen LogP contribution in [0.1, 0.15) is 42.7 Å². The van der Waals surface area contributed by atoms with E-state index >= 15 is 0 Å². The summed E-state index contributed by atoms with van der Waals surface area (Å²) in [7, 11) is 1.76. The molecule has 1 N–H and O–H groups in total. The Morgan fingerprint density at radius 2 is 1.90 bits per heavy atom. The van der Waals surface area contributed by atoms with Crippen molar-refractivity contribution in [3.8, 4) is 0 Å². The summed E-state index contributed by atoms with van der Waals surface area (Å²) in [5.41, 5.74) is 0.809. The van der Waals surface area contributed by atoms with Crippen LogP contribution in [0.4, 0.5) is 5.69 Å². The first-order valence-electron chi connectivity index (χ1n) is 9.33. The van der Waals surface area contributed by atoms with Gasteiger partial charge in [0.05, 0.1) is 15.9 Å². The lowest BCUT2D eigenvalue weighted by Gasteiger charge is -2.32. The Kier molecular flexibility index (Phi) is 6.21. The molecule has 0 fully saturated rings. The van der Waals surface area contributed by atoms with Crippen LogP contribution < -0.4 is 5.32 Å². The van der Waals surface area contributed by atoms with E-state index in [4.69, 9.17) is 0 Å². The van der Waals surface area contributed by atoms with Gasteiger partial charge in [-0.05, 0) is 34.9 Å². The first-order chi connectivity index (χ1) is 14.2. The number of nitro benzene ring substituents is 1. The van der Waals surface area contributed by atoms with Crippen LogP contribution in [0.15, 0.2) is 64.9 Å². The molecule has 0 radical (unpaired) electrons. The summed E-state index contributed by atoms with van der Waals surface area (Å²) in [6, 6.07) is 13.9. The second-order valence-electron chi connectivity index (χ2n) is 7.95. The molecule has 1 heterocycles. The van der Waals surface area contributed by atoms with Crippen molar-refractivity contribution in [2.24, 2.45) is 12.5 Å². The molecule has 30 heavy (non-hydrogen) atoms. The third-order valence-electron chi connectivity index (χ3n) is 4.56. The van der Waals surface area contributed by atoms with Crippen LogP contribution in [0, 0.1) is 15.5 Å². The number of hydrogen-bond acceptors (Lipinski definition) is 6. The van der Waals surface area contributed by atoms with Gasteiger partial charge in [0.25, 0.3) is 11.6 Å². The van der Waals surface area contributed by atoms with Crippen molar-refractivity contribution >= 4 is 23.4 Å². The highest BCUT2D eigenvalue weighted by atomic mass is 32.2. The molecule has 0 spiro atoms. The normalized spacial score (nSPS) is 12.4. The molecule has 8 nitrogen and oxygen atoms in total. The van der Waals surface area contributed by atoms with Crippen molar-refractivity contribution in [3.05, 3.63) is 76.1 Å². The molecule has 0 aliphatic heterocycles. The van der Waals surface area contributed by atoms with Gasteiger partial charge in [-0.3, -0.25) is 14.9 Å². The van der Waals surface area contributed by atoms with Gasteiger partial charge in [-0.1, -0.05) is 51.1 Å². The van der Waals surface area contributed by atoms with Crippen LogP contribution in [0.3, 0.4) is 0 Å². The zero-order chi connectivity index (χ0) is 21.9. The minimum Gasteiger partial charge on any atom is -0.345 e. The minimum absolute atomic E-state index is 0.150. The van der Waals surface area contributed by atoms with Crippen molar-refractivity contribution < 1.29 is 9.72 Å². The molecule has 1 amide bonds. The highest BCUT2D eigenvalue weighted by Gasteiger charge is 2.29. The van der Waals surface area contributed by atoms with E-state index in [1.54, 1.807) is 23.7 Å². The van der Waals surface area contributed by atoms with Crippen molar-refractivity contribution in [2.45, 2.75) is 36.9 Å². The predicted octanol–water partition coefficient (Wildman–Crippen LogP) is 4.39. The maximum Gasteiger partial charge on any atom is 0.284 e. The van der Waals surface area contributed by atoms with Crippen LogP contribution in [-0.2, 0) is 7.05 Å². The van der Waals surface area contributed by atoms with Crippen molar-refractivity contribution in [2.75, 3.05) is 0 Å². The summed E-state index contributed by atoms with van der Waals surface area (Å²) >= 11 is 1.13. The van der Waals surface area contributed by atoms with Gasteiger partial charge in [-0.25, -0.2) is 0 Å². The first kappa shape index (κ1) is 21.5. The number of aryl methyl sites for hydroxylation is 1. The second kappa shape index (κ2) is 8.66. The van der Waals surface area contributed by atoms with Crippen molar-refractivity contribution in [1.82, 2.24) is 20.1 Å². The Balaban J connectivity index is 1.89. The minimum atomic E-state index is -0.492. The molecule has 0 bridgehead atoms. The topological polar surface area (TPSA) is 103 Å². The number of rotatable bonds is 6. The fourth-order valence-corrected chi connectivity index (χ4v) is 3.86. The number of amides is 1. The molecule has 0 aliphatic carbocycles. The third-order valence-corrected chi connectivity index (χ3v) is 5.68. The molecule has 156 valence electrons. The monoisotopic (exact) mass is 425 g/mol. The number of nitrogens with one attached hydrogen (secondary N) is 1. The van der Waals surface area contributed by atoms with E-state index in [9.17, 15) is 14.9 Å². The Labute approximate surface area is 178 Å². The lowest BCUT2D eigenvalue weighted by atomic mass is 9.82. The SMILES string of the molecule is Cn1cnnc1Sc1ccc(C(=O)N[C@@H](c2ccccc2)C(C)(C)C)cc1[N+](=O)[O-]. The molecular weight excluding hydrogens is 402 g/mol. The zero-order valence-corrected chi connectivity index (χ0v) is 18.0. The largest absolute Gasteiger partial charge is 0.345 e. The molecular formula is C21H23N5O3S. The van der Waals surface area contributed by atoms with Crippen molar-refractivity contribution in [3.63, 3.8) is 0 Å². The van der Waals surface area contributed by atoms with Crippen LogP contribution in [-0.4, -0.2) is 25.6 Å². The van der Waals surface area contributed by atoms with E-state index in [1.165, 1.54) is 12.4 Å². The van der Waals surface area contributed by atoms with Gasteiger partial charge >= 0.3 is 0 Å². The summed E-state index contributed by atoms with van der Waals surface area (Å²) < 4.78 is 1.67. The fourth-order valence-electron chi connectivity index (χ4n) is 3.01. The maximum absolute atomic E-state index is 13.0. The predicted molar refractivity (Wildman–Crippen MR) is 114 cm³/mol. The molecule has 1 aromatic heterocycles. The lowest BCUT2D eigenvalue weighted by molar-refractivity contribution is -0.387. The highest BCUT2D eigenvalue weighted by Crippen LogP contribution is 2.35. The lowest BCUT2D eigenvalue weighted by Crippen LogP contribution is -2.36. The Morgan fingerprint density at radius 3 is 2.47 bits per heavy atom. The van der Waals surface area contributed by atoms with Crippen LogP contribution in [0.25, 0.3) is 0 Å². The maximum atomic E-state index is 13.0. The summed E-state index contributed by atoms with van der Waals surface area (Å²) in [6.45, 7) is 6.11. The quantitative estimate of drug-likeness (QED) is 0.464. The smallest absolute Gasteiger partial charge is 0.284 e. The van der Waals surface area contributed by atoms with Gasteiger partial charge in [0.2, 0.25) is 0 Å². The zero-order valence-electron chi connectivity index (χ0n) is 17.2. The Morgan fingerprint density at radius 1 is 1.20 bits per heavy atom. The fraction of sp³-hybridized carbons (Fsp3) is 0.286. The Hall–Kier alpha value is -3.20.